The van der Waals surface area contributed by atoms with E-state index in [1.807, 2.05) is 24.3 Å². The van der Waals surface area contributed by atoms with Crippen molar-refractivity contribution in [3.8, 4) is 5.75 Å². The Bertz CT molecular complexity index is 564. The van der Waals surface area contributed by atoms with Gasteiger partial charge in [-0.2, -0.15) is 0 Å². The minimum absolute atomic E-state index is 0.207. The van der Waals surface area contributed by atoms with E-state index >= 15 is 0 Å². The summed E-state index contributed by atoms with van der Waals surface area (Å²) in [7, 11) is 1.64. The lowest BCUT2D eigenvalue weighted by molar-refractivity contribution is -0.143. The highest BCUT2D eigenvalue weighted by atomic mass is 16.5. The predicted octanol–water partition coefficient (Wildman–Crippen LogP) is 2.45. The van der Waals surface area contributed by atoms with Crippen LogP contribution in [0.15, 0.2) is 24.3 Å². The number of methoxy groups -OCH3 is 1. The lowest BCUT2D eigenvalue weighted by Gasteiger charge is -2.44. The van der Waals surface area contributed by atoms with E-state index in [4.69, 9.17) is 4.74 Å². The van der Waals surface area contributed by atoms with Crippen LogP contribution >= 0.6 is 0 Å². The molecule has 2 aliphatic heterocycles. The normalized spacial score (nSPS) is 33.8. The molecule has 1 N–H and O–H groups in total. The first kappa shape index (κ1) is 14.1. The number of amides is 1. The first-order chi connectivity index (χ1) is 10.6. The first-order valence-electron chi connectivity index (χ1n) is 8.30. The maximum absolute atomic E-state index is 12.5. The van der Waals surface area contributed by atoms with Crippen molar-refractivity contribution in [3.63, 3.8) is 0 Å². The van der Waals surface area contributed by atoms with Crippen LogP contribution in [0.5, 0.6) is 5.75 Å². The molecule has 3 fully saturated rings. The lowest BCUT2D eigenvalue weighted by atomic mass is 9.80. The van der Waals surface area contributed by atoms with Gasteiger partial charge in [-0.15, -0.1) is 0 Å². The Morgan fingerprint density at radius 2 is 1.73 bits per heavy atom. The molecular weight excluding hydrogens is 278 g/mol. The van der Waals surface area contributed by atoms with Crippen LogP contribution in [0.25, 0.3) is 0 Å². The highest BCUT2D eigenvalue weighted by Crippen LogP contribution is 2.47. The van der Waals surface area contributed by atoms with E-state index in [1.165, 1.54) is 0 Å². The summed E-state index contributed by atoms with van der Waals surface area (Å²) < 4.78 is 5.19. The van der Waals surface area contributed by atoms with Crippen molar-refractivity contribution in [3.05, 3.63) is 29.8 Å². The number of carbonyl (C=O) groups is 1. The van der Waals surface area contributed by atoms with Gasteiger partial charge in [-0.1, -0.05) is 12.1 Å². The van der Waals surface area contributed by atoms with Gasteiger partial charge in [0.15, 0.2) is 0 Å². The fourth-order valence-corrected chi connectivity index (χ4v) is 4.26. The molecule has 4 nitrogen and oxygen atoms in total. The zero-order chi connectivity index (χ0) is 15.3. The molecule has 4 rings (SSSR count). The van der Waals surface area contributed by atoms with Crippen molar-refractivity contribution >= 4 is 5.91 Å². The Balaban J connectivity index is 1.56. The first-order valence-corrected chi connectivity index (χ1v) is 8.30. The van der Waals surface area contributed by atoms with Gasteiger partial charge in [-0.05, 0) is 43.4 Å². The van der Waals surface area contributed by atoms with E-state index in [0.29, 0.717) is 18.7 Å². The van der Waals surface area contributed by atoms with Crippen LogP contribution in [0, 0.1) is 5.92 Å². The van der Waals surface area contributed by atoms with Gasteiger partial charge >= 0.3 is 0 Å². The van der Waals surface area contributed by atoms with Gasteiger partial charge in [0, 0.05) is 30.8 Å². The largest absolute Gasteiger partial charge is 0.497 e. The zero-order valence-corrected chi connectivity index (χ0v) is 13.0. The molecular formula is C18H23NO3. The van der Waals surface area contributed by atoms with Crippen molar-refractivity contribution in [2.24, 2.45) is 5.92 Å². The van der Waals surface area contributed by atoms with E-state index in [-0.39, 0.29) is 18.0 Å². The van der Waals surface area contributed by atoms with E-state index in [2.05, 4.69) is 4.90 Å². The summed E-state index contributed by atoms with van der Waals surface area (Å²) in [6.07, 6.45) is 5.49. The Labute approximate surface area is 131 Å². The van der Waals surface area contributed by atoms with Crippen molar-refractivity contribution in [1.82, 2.24) is 4.90 Å². The number of ether oxygens (including phenoxy) is 1. The monoisotopic (exact) mass is 301 g/mol. The molecule has 2 saturated heterocycles. The number of piperidine rings is 1. The quantitative estimate of drug-likeness (QED) is 0.933. The molecule has 0 radical (unpaired) electrons. The van der Waals surface area contributed by atoms with Crippen LogP contribution in [-0.4, -0.2) is 35.1 Å². The molecule has 1 amide bonds. The molecule has 2 unspecified atom stereocenters. The van der Waals surface area contributed by atoms with Gasteiger partial charge in [0.05, 0.1) is 12.7 Å². The van der Waals surface area contributed by atoms with Crippen LogP contribution in [0.2, 0.25) is 0 Å². The average Bonchev–Trinajstić information content (AvgIpc) is 3.33. The Hall–Kier alpha value is -1.55. The van der Waals surface area contributed by atoms with Gasteiger partial charge in [-0.25, -0.2) is 0 Å². The number of hydrogen-bond acceptors (Lipinski definition) is 3. The topological polar surface area (TPSA) is 49.8 Å². The van der Waals surface area contributed by atoms with Crippen LogP contribution in [0.1, 0.15) is 44.1 Å². The molecule has 4 heteroatoms. The van der Waals surface area contributed by atoms with Crippen molar-refractivity contribution in [2.45, 2.75) is 56.2 Å². The summed E-state index contributed by atoms with van der Waals surface area (Å²) in [6, 6.07) is 8.12. The van der Waals surface area contributed by atoms with E-state index in [0.717, 1.165) is 37.0 Å². The summed E-state index contributed by atoms with van der Waals surface area (Å²) in [5, 5.41) is 11.2. The highest BCUT2D eigenvalue weighted by Gasteiger charge is 2.51. The fraction of sp³-hybridized carbons (Fsp3) is 0.611. The summed E-state index contributed by atoms with van der Waals surface area (Å²) in [5.41, 5.74) is 0.141. The highest BCUT2D eigenvalue weighted by molar-refractivity contribution is 5.82. The number of hydrogen-bond donors (Lipinski definition) is 1. The molecule has 118 valence electrons. The zero-order valence-electron chi connectivity index (χ0n) is 13.0. The summed E-state index contributed by atoms with van der Waals surface area (Å²) >= 11 is 0. The van der Waals surface area contributed by atoms with E-state index < -0.39 is 5.60 Å². The van der Waals surface area contributed by atoms with Gasteiger partial charge in [-0.3, -0.25) is 4.79 Å². The second-order valence-electron chi connectivity index (χ2n) is 7.07. The van der Waals surface area contributed by atoms with Crippen LogP contribution < -0.4 is 4.74 Å². The molecule has 1 saturated carbocycles. The average molecular weight is 301 g/mol. The molecule has 0 spiro atoms. The molecule has 22 heavy (non-hydrogen) atoms. The molecule has 1 aromatic rings. The van der Waals surface area contributed by atoms with Gasteiger partial charge < -0.3 is 14.7 Å². The van der Waals surface area contributed by atoms with Crippen LogP contribution in [-0.2, 0) is 10.4 Å². The second kappa shape index (κ2) is 4.98. The number of nitrogens with zero attached hydrogens (tertiary/aromatic N) is 1. The third kappa shape index (κ3) is 2.21. The predicted molar refractivity (Wildman–Crippen MR) is 82.5 cm³/mol. The SMILES string of the molecule is COc1ccc(C2(O)CC3CCC(C2)N3C(=O)C2CC2)cc1. The molecule has 1 aromatic carbocycles. The van der Waals surface area contributed by atoms with Gasteiger partial charge in [0.1, 0.15) is 5.75 Å². The Kier molecular flexibility index (Phi) is 3.19. The van der Waals surface area contributed by atoms with E-state index in [9.17, 15) is 9.90 Å². The molecule has 3 aliphatic rings. The summed E-state index contributed by atoms with van der Waals surface area (Å²) in [4.78, 5) is 14.6. The number of aliphatic hydroxyl groups is 1. The Morgan fingerprint density at radius 3 is 2.23 bits per heavy atom. The number of benzene rings is 1. The standard InChI is InChI=1S/C18H23NO3/c1-22-16-8-4-13(5-9-16)18(21)10-14-6-7-15(11-18)19(14)17(20)12-2-3-12/h4-5,8-9,12,14-15,21H,2-3,6-7,10-11H2,1H3. The molecule has 1 aliphatic carbocycles. The molecule has 2 atom stereocenters. The molecule has 2 heterocycles. The van der Waals surface area contributed by atoms with Crippen molar-refractivity contribution in [2.75, 3.05) is 7.11 Å². The third-order valence-electron chi connectivity index (χ3n) is 5.57. The minimum Gasteiger partial charge on any atom is -0.497 e. The number of fused-ring (bicyclic) bond motifs is 2. The van der Waals surface area contributed by atoms with Crippen LogP contribution in [0.4, 0.5) is 0 Å². The third-order valence-corrected chi connectivity index (χ3v) is 5.57. The molecule has 2 bridgehead atoms. The van der Waals surface area contributed by atoms with Gasteiger partial charge in [0.2, 0.25) is 5.91 Å². The second-order valence-corrected chi connectivity index (χ2v) is 7.07. The fourth-order valence-electron chi connectivity index (χ4n) is 4.26. The summed E-state index contributed by atoms with van der Waals surface area (Å²) in [5.74, 6) is 1.41. The van der Waals surface area contributed by atoms with Crippen molar-refractivity contribution < 1.29 is 14.6 Å². The number of rotatable bonds is 3. The van der Waals surface area contributed by atoms with Crippen LogP contribution in [0.3, 0.4) is 0 Å². The maximum atomic E-state index is 12.5. The van der Waals surface area contributed by atoms with Gasteiger partial charge in [0.25, 0.3) is 0 Å². The van der Waals surface area contributed by atoms with E-state index in [1.54, 1.807) is 7.11 Å². The van der Waals surface area contributed by atoms with Crippen molar-refractivity contribution in [1.29, 1.82) is 0 Å². The minimum atomic E-state index is -0.807. The number of carbonyl (C=O) groups excluding carboxylic acids is 1. The lowest BCUT2D eigenvalue weighted by Crippen LogP contribution is -2.52. The molecule has 0 aromatic heterocycles. The summed E-state index contributed by atoms with van der Waals surface area (Å²) in [6.45, 7) is 0. The smallest absolute Gasteiger partial charge is 0.226 e. The maximum Gasteiger partial charge on any atom is 0.226 e. The Morgan fingerprint density at radius 1 is 1.14 bits per heavy atom.